The Labute approximate surface area is 116 Å². The Hall–Kier alpha value is -1.06. The van der Waals surface area contributed by atoms with Crippen LogP contribution in [0, 0.1) is 5.92 Å². The van der Waals surface area contributed by atoms with E-state index < -0.39 is 17.9 Å². The molecule has 4 nitrogen and oxygen atoms in total. The zero-order valence-electron chi connectivity index (χ0n) is 12.1. The fourth-order valence-electron chi connectivity index (χ4n) is 2.19. The Kier molecular flexibility index (Phi) is 11.3. The van der Waals surface area contributed by atoms with Gasteiger partial charge in [-0.05, 0) is 6.42 Å². The number of carbonyl (C=O) groups is 2. The lowest BCUT2D eigenvalue weighted by Crippen LogP contribution is -2.23. The fraction of sp³-hybridized carbons (Fsp3) is 0.867. The first kappa shape index (κ1) is 17.9. The summed E-state index contributed by atoms with van der Waals surface area (Å²) >= 11 is 0. The summed E-state index contributed by atoms with van der Waals surface area (Å²) in [6.07, 6.45) is 11.9. The van der Waals surface area contributed by atoms with E-state index >= 15 is 0 Å². The van der Waals surface area contributed by atoms with Crippen LogP contribution in [0.15, 0.2) is 0 Å². The quantitative estimate of drug-likeness (QED) is 0.391. The van der Waals surface area contributed by atoms with E-state index in [1.54, 1.807) is 0 Å². The van der Waals surface area contributed by atoms with Crippen molar-refractivity contribution < 1.29 is 19.8 Å². The smallest absolute Gasteiger partial charge is 0.317 e. The molecule has 0 saturated heterocycles. The molecule has 0 rings (SSSR count). The number of carboxylic acid groups (broad SMARTS) is 2. The summed E-state index contributed by atoms with van der Waals surface area (Å²) in [6, 6.07) is 0. The zero-order chi connectivity index (χ0) is 14.5. The van der Waals surface area contributed by atoms with E-state index in [1.165, 1.54) is 44.9 Å². The third-order valence-corrected chi connectivity index (χ3v) is 3.44. The maximum Gasteiger partial charge on any atom is 0.317 e. The molecule has 0 unspecified atom stereocenters. The van der Waals surface area contributed by atoms with Gasteiger partial charge in [-0.3, -0.25) is 9.59 Å². The van der Waals surface area contributed by atoms with Crippen molar-refractivity contribution in [3.8, 4) is 0 Å². The summed E-state index contributed by atoms with van der Waals surface area (Å²) < 4.78 is 0. The number of hydrogen-bond acceptors (Lipinski definition) is 2. The molecular formula is C15H28O4. The molecule has 112 valence electrons. The molecule has 0 aliphatic rings. The topological polar surface area (TPSA) is 74.6 Å². The van der Waals surface area contributed by atoms with Crippen molar-refractivity contribution >= 4 is 11.9 Å². The average molecular weight is 272 g/mol. The van der Waals surface area contributed by atoms with Crippen LogP contribution in [0.3, 0.4) is 0 Å². The first-order valence-electron chi connectivity index (χ1n) is 7.55. The van der Waals surface area contributed by atoms with Gasteiger partial charge in [0.2, 0.25) is 0 Å². The van der Waals surface area contributed by atoms with Gasteiger partial charge in [0, 0.05) is 0 Å². The Bertz CT molecular complexity index is 237. The van der Waals surface area contributed by atoms with Crippen LogP contribution in [0.4, 0.5) is 0 Å². The highest BCUT2D eigenvalue weighted by Gasteiger charge is 2.24. The first-order valence-corrected chi connectivity index (χ1v) is 7.55. The molecule has 0 bridgehead atoms. The predicted molar refractivity (Wildman–Crippen MR) is 75.2 cm³/mol. The molecule has 0 aromatic heterocycles. The summed E-state index contributed by atoms with van der Waals surface area (Å²) in [5.41, 5.74) is 0. The SMILES string of the molecule is CCCCCCCCCCCCC(C(=O)O)C(=O)O. The van der Waals surface area contributed by atoms with Crippen LogP contribution in [0.5, 0.6) is 0 Å². The molecule has 0 aliphatic carbocycles. The van der Waals surface area contributed by atoms with Gasteiger partial charge in [-0.25, -0.2) is 0 Å². The van der Waals surface area contributed by atoms with Crippen molar-refractivity contribution in [2.75, 3.05) is 0 Å². The average Bonchev–Trinajstić information content (AvgIpc) is 2.35. The summed E-state index contributed by atoms with van der Waals surface area (Å²) in [5, 5.41) is 17.4. The van der Waals surface area contributed by atoms with Crippen LogP contribution < -0.4 is 0 Å². The maximum absolute atomic E-state index is 10.7. The minimum absolute atomic E-state index is 0.251. The van der Waals surface area contributed by atoms with Gasteiger partial charge in [0.1, 0.15) is 0 Å². The lowest BCUT2D eigenvalue weighted by molar-refractivity contribution is -0.154. The van der Waals surface area contributed by atoms with Crippen molar-refractivity contribution in [2.24, 2.45) is 5.92 Å². The molecule has 2 N–H and O–H groups in total. The minimum atomic E-state index is -1.23. The Morgan fingerprint density at radius 3 is 1.47 bits per heavy atom. The largest absolute Gasteiger partial charge is 0.481 e. The normalized spacial score (nSPS) is 10.8. The summed E-state index contributed by atoms with van der Waals surface area (Å²) in [6.45, 7) is 2.21. The van der Waals surface area contributed by atoms with Crippen molar-refractivity contribution in [2.45, 2.75) is 77.6 Å². The zero-order valence-corrected chi connectivity index (χ0v) is 12.1. The van der Waals surface area contributed by atoms with Crippen LogP contribution in [0.25, 0.3) is 0 Å². The molecule has 19 heavy (non-hydrogen) atoms. The van der Waals surface area contributed by atoms with Crippen LogP contribution >= 0.6 is 0 Å². The molecule has 0 spiro atoms. The van der Waals surface area contributed by atoms with E-state index in [2.05, 4.69) is 6.92 Å². The molecule has 0 aromatic rings. The highest BCUT2D eigenvalue weighted by Crippen LogP contribution is 2.14. The van der Waals surface area contributed by atoms with E-state index in [-0.39, 0.29) is 6.42 Å². The van der Waals surface area contributed by atoms with Crippen LogP contribution in [0.2, 0.25) is 0 Å². The van der Waals surface area contributed by atoms with Crippen molar-refractivity contribution in [1.29, 1.82) is 0 Å². The van der Waals surface area contributed by atoms with E-state index in [1.807, 2.05) is 0 Å². The van der Waals surface area contributed by atoms with E-state index in [0.717, 1.165) is 12.8 Å². The lowest BCUT2D eigenvalue weighted by Gasteiger charge is -2.06. The third-order valence-electron chi connectivity index (χ3n) is 3.44. The summed E-state index contributed by atoms with van der Waals surface area (Å²) in [5.74, 6) is -3.67. The molecule has 0 fully saturated rings. The molecule has 0 aliphatic heterocycles. The highest BCUT2D eigenvalue weighted by atomic mass is 16.4. The van der Waals surface area contributed by atoms with E-state index in [0.29, 0.717) is 6.42 Å². The van der Waals surface area contributed by atoms with Crippen LogP contribution in [0.1, 0.15) is 77.6 Å². The monoisotopic (exact) mass is 272 g/mol. The molecule has 0 amide bonds. The fourth-order valence-corrected chi connectivity index (χ4v) is 2.19. The second-order valence-corrected chi connectivity index (χ2v) is 5.20. The van der Waals surface area contributed by atoms with E-state index in [4.69, 9.17) is 10.2 Å². The first-order chi connectivity index (χ1) is 9.09. The number of hydrogen-bond donors (Lipinski definition) is 2. The standard InChI is InChI=1S/C15H28O4/c1-2-3-4-5-6-7-8-9-10-11-12-13(14(16)17)15(18)19/h13H,2-12H2,1H3,(H,16,17)(H,18,19). The summed E-state index contributed by atoms with van der Waals surface area (Å²) in [7, 11) is 0. The molecule has 0 aromatic carbocycles. The molecule has 0 atom stereocenters. The van der Waals surface area contributed by atoms with E-state index in [9.17, 15) is 9.59 Å². The van der Waals surface area contributed by atoms with Gasteiger partial charge in [0.15, 0.2) is 5.92 Å². The maximum atomic E-state index is 10.7. The second kappa shape index (κ2) is 12.0. The third kappa shape index (κ3) is 10.5. The number of carboxylic acids is 2. The minimum Gasteiger partial charge on any atom is -0.481 e. The van der Waals surface area contributed by atoms with Gasteiger partial charge in [0.05, 0.1) is 0 Å². The second-order valence-electron chi connectivity index (χ2n) is 5.20. The Balaban J connectivity index is 3.35. The molecule has 4 heteroatoms. The Morgan fingerprint density at radius 1 is 0.737 bits per heavy atom. The van der Waals surface area contributed by atoms with Crippen LogP contribution in [-0.4, -0.2) is 22.2 Å². The van der Waals surface area contributed by atoms with Gasteiger partial charge in [-0.1, -0.05) is 71.1 Å². The van der Waals surface area contributed by atoms with Gasteiger partial charge < -0.3 is 10.2 Å². The van der Waals surface area contributed by atoms with Crippen molar-refractivity contribution in [3.63, 3.8) is 0 Å². The van der Waals surface area contributed by atoms with Gasteiger partial charge >= 0.3 is 11.9 Å². The van der Waals surface area contributed by atoms with Gasteiger partial charge in [0.25, 0.3) is 0 Å². The number of rotatable bonds is 13. The molecule has 0 saturated carbocycles. The van der Waals surface area contributed by atoms with Gasteiger partial charge in [-0.15, -0.1) is 0 Å². The highest BCUT2D eigenvalue weighted by molar-refractivity contribution is 5.92. The summed E-state index contributed by atoms with van der Waals surface area (Å²) in [4.78, 5) is 21.3. The molecule has 0 heterocycles. The molecule has 0 radical (unpaired) electrons. The number of unbranched alkanes of at least 4 members (excludes halogenated alkanes) is 9. The molecular weight excluding hydrogens is 244 g/mol. The van der Waals surface area contributed by atoms with Gasteiger partial charge in [-0.2, -0.15) is 0 Å². The number of aliphatic carboxylic acids is 2. The van der Waals surface area contributed by atoms with Crippen LogP contribution in [-0.2, 0) is 9.59 Å². The van der Waals surface area contributed by atoms with Crippen molar-refractivity contribution in [3.05, 3.63) is 0 Å². The van der Waals surface area contributed by atoms with Crippen molar-refractivity contribution in [1.82, 2.24) is 0 Å². The predicted octanol–water partition coefficient (Wildman–Crippen LogP) is 4.08. The lowest BCUT2D eigenvalue weighted by atomic mass is 10.00. The Morgan fingerprint density at radius 2 is 1.11 bits per heavy atom.